The van der Waals surface area contributed by atoms with Gasteiger partial charge in [0.05, 0.1) is 5.51 Å². The van der Waals surface area contributed by atoms with Crippen molar-refractivity contribution >= 4 is 22.7 Å². The first-order valence-corrected chi connectivity index (χ1v) is 5.78. The lowest BCUT2D eigenvalue weighted by Gasteiger charge is -2.05. The highest BCUT2D eigenvalue weighted by Crippen LogP contribution is 2.21. The van der Waals surface area contributed by atoms with Crippen molar-refractivity contribution in [3.8, 4) is 0 Å². The summed E-state index contributed by atoms with van der Waals surface area (Å²) in [6, 6.07) is 4.27. The molecule has 68 valence electrons. The molecule has 0 aliphatic carbocycles. The van der Waals surface area contributed by atoms with Gasteiger partial charge in [-0.3, -0.25) is 4.98 Å². The van der Waals surface area contributed by atoms with Gasteiger partial charge in [0.1, 0.15) is 0 Å². The van der Waals surface area contributed by atoms with Gasteiger partial charge in [-0.1, -0.05) is 6.07 Å². The van der Waals surface area contributed by atoms with Crippen LogP contribution < -0.4 is 5.73 Å². The third-order valence-electron chi connectivity index (χ3n) is 1.82. The molecule has 0 saturated heterocycles. The predicted octanol–water partition coefficient (Wildman–Crippen LogP) is 2.45. The SMILES string of the molecule is NC(Cc1cccs1)c1cncs1. The van der Waals surface area contributed by atoms with Crippen molar-refractivity contribution in [1.29, 1.82) is 0 Å². The van der Waals surface area contributed by atoms with Crippen LogP contribution in [0.3, 0.4) is 0 Å². The molecule has 0 radical (unpaired) electrons. The van der Waals surface area contributed by atoms with Crippen molar-refractivity contribution < 1.29 is 0 Å². The monoisotopic (exact) mass is 210 g/mol. The van der Waals surface area contributed by atoms with Crippen molar-refractivity contribution in [2.45, 2.75) is 12.5 Å². The summed E-state index contributed by atoms with van der Waals surface area (Å²) in [7, 11) is 0. The average Bonchev–Trinajstić information content (AvgIpc) is 2.74. The smallest absolute Gasteiger partial charge is 0.0794 e. The Hall–Kier alpha value is -0.710. The third kappa shape index (κ3) is 2.15. The number of thiazole rings is 1. The molecule has 1 unspecified atom stereocenters. The Bertz CT molecular complexity index is 340. The zero-order valence-corrected chi connectivity index (χ0v) is 8.65. The Balaban J connectivity index is 2.04. The summed E-state index contributed by atoms with van der Waals surface area (Å²) >= 11 is 3.37. The Kier molecular flexibility index (Phi) is 2.73. The number of hydrogen-bond acceptors (Lipinski definition) is 4. The Morgan fingerprint density at radius 1 is 1.46 bits per heavy atom. The standard InChI is InChI=1S/C9H10N2S2/c10-8(9-5-11-6-13-9)4-7-2-1-3-12-7/h1-3,5-6,8H,4,10H2. The molecule has 4 heteroatoms. The van der Waals surface area contributed by atoms with Crippen molar-refractivity contribution in [3.05, 3.63) is 39.0 Å². The molecular weight excluding hydrogens is 200 g/mol. The Morgan fingerprint density at radius 3 is 3.00 bits per heavy atom. The topological polar surface area (TPSA) is 38.9 Å². The molecule has 0 aliphatic rings. The van der Waals surface area contributed by atoms with Gasteiger partial charge in [-0.05, 0) is 11.4 Å². The maximum Gasteiger partial charge on any atom is 0.0794 e. The van der Waals surface area contributed by atoms with E-state index in [0.29, 0.717) is 0 Å². The first kappa shape index (κ1) is 8.87. The maximum atomic E-state index is 6.01. The van der Waals surface area contributed by atoms with Crippen LogP contribution in [-0.4, -0.2) is 4.98 Å². The van der Waals surface area contributed by atoms with E-state index in [1.54, 1.807) is 22.7 Å². The molecule has 2 rings (SSSR count). The van der Waals surface area contributed by atoms with Gasteiger partial charge in [-0.2, -0.15) is 0 Å². The number of hydrogen-bond donors (Lipinski definition) is 1. The summed E-state index contributed by atoms with van der Waals surface area (Å²) in [4.78, 5) is 6.51. The molecule has 2 heterocycles. The number of nitrogens with zero attached hydrogens (tertiary/aromatic N) is 1. The van der Waals surface area contributed by atoms with Gasteiger partial charge in [-0.25, -0.2) is 0 Å². The van der Waals surface area contributed by atoms with Crippen LogP contribution >= 0.6 is 22.7 Å². The highest BCUT2D eigenvalue weighted by molar-refractivity contribution is 7.10. The van der Waals surface area contributed by atoms with Crippen LogP contribution in [0.25, 0.3) is 0 Å². The Morgan fingerprint density at radius 2 is 2.38 bits per heavy atom. The van der Waals surface area contributed by atoms with E-state index in [2.05, 4.69) is 22.5 Å². The fourth-order valence-corrected chi connectivity index (χ4v) is 2.54. The van der Waals surface area contributed by atoms with Crippen LogP contribution in [0.15, 0.2) is 29.2 Å². The summed E-state index contributed by atoms with van der Waals surface area (Å²) in [6.07, 6.45) is 2.77. The normalized spacial score (nSPS) is 13.0. The van der Waals surface area contributed by atoms with Crippen LogP contribution in [-0.2, 0) is 6.42 Å². The highest BCUT2D eigenvalue weighted by atomic mass is 32.1. The quantitative estimate of drug-likeness (QED) is 0.845. The molecule has 0 spiro atoms. The predicted molar refractivity (Wildman–Crippen MR) is 57.1 cm³/mol. The minimum atomic E-state index is 0.103. The molecule has 0 aromatic carbocycles. The maximum absolute atomic E-state index is 6.01. The first-order chi connectivity index (χ1) is 6.36. The molecule has 2 N–H and O–H groups in total. The van der Waals surface area contributed by atoms with Gasteiger partial charge >= 0.3 is 0 Å². The molecule has 13 heavy (non-hydrogen) atoms. The van der Waals surface area contributed by atoms with E-state index in [1.165, 1.54) is 4.88 Å². The van der Waals surface area contributed by atoms with Gasteiger partial charge in [0.15, 0.2) is 0 Å². The summed E-state index contributed by atoms with van der Waals surface area (Å²) in [5.74, 6) is 0. The molecule has 2 nitrogen and oxygen atoms in total. The van der Waals surface area contributed by atoms with Crippen LogP contribution in [0, 0.1) is 0 Å². The lowest BCUT2D eigenvalue weighted by molar-refractivity contribution is 0.743. The number of rotatable bonds is 3. The molecule has 0 bridgehead atoms. The van der Waals surface area contributed by atoms with E-state index < -0.39 is 0 Å². The van der Waals surface area contributed by atoms with Crippen molar-refractivity contribution in [2.75, 3.05) is 0 Å². The second-order valence-corrected chi connectivity index (χ2v) is 4.74. The minimum Gasteiger partial charge on any atom is -0.323 e. The van der Waals surface area contributed by atoms with Crippen LogP contribution in [0.4, 0.5) is 0 Å². The largest absolute Gasteiger partial charge is 0.323 e. The van der Waals surface area contributed by atoms with Gasteiger partial charge in [0.2, 0.25) is 0 Å². The van der Waals surface area contributed by atoms with Gasteiger partial charge < -0.3 is 5.73 Å². The van der Waals surface area contributed by atoms with Crippen molar-refractivity contribution in [1.82, 2.24) is 4.98 Å². The van der Waals surface area contributed by atoms with Crippen LogP contribution in [0.2, 0.25) is 0 Å². The average molecular weight is 210 g/mol. The van der Waals surface area contributed by atoms with E-state index >= 15 is 0 Å². The van der Waals surface area contributed by atoms with Crippen LogP contribution in [0.1, 0.15) is 15.8 Å². The molecule has 0 fully saturated rings. The lowest BCUT2D eigenvalue weighted by atomic mass is 10.2. The van der Waals surface area contributed by atoms with Gasteiger partial charge in [-0.15, -0.1) is 22.7 Å². The second-order valence-electron chi connectivity index (χ2n) is 2.79. The number of aromatic nitrogens is 1. The number of thiophene rings is 1. The summed E-state index contributed by atoms with van der Waals surface area (Å²) in [5, 5.41) is 2.08. The molecule has 2 aromatic rings. The molecule has 0 saturated carbocycles. The lowest BCUT2D eigenvalue weighted by Crippen LogP contribution is -2.10. The molecule has 1 atom stereocenters. The summed E-state index contributed by atoms with van der Waals surface area (Å²) in [5.41, 5.74) is 7.83. The highest BCUT2D eigenvalue weighted by Gasteiger charge is 2.08. The van der Waals surface area contributed by atoms with E-state index in [4.69, 9.17) is 5.73 Å². The first-order valence-electron chi connectivity index (χ1n) is 4.02. The van der Waals surface area contributed by atoms with Crippen molar-refractivity contribution in [2.24, 2.45) is 5.73 Å². The van der Waals surface area contributed by atoms with Gasteiger partial charge in [0.25, 0.3) is 0 Å². The fourth-order valence-electron chi connectivity index (χ4n) is 1.15. The molecule has 0 aliphatic heterocycles. The van der Waals surface area contributed by atoms with E-state index in [9.17, 15) is 0 Å². The van der Waals surface area contributed by atoms with Crippen LogP contribution in [0.5, 0.6) is 0 Å². The Labute approximate surface area is 85.1 Å². The molecule has 2 aromatic heterocycles. The van der Waals surface area contributed by atoms with Gasteiger partial charge in [0, 0.05) is 28.4 Å². The third-order valence-corrected chi connectivity index (χ3v) is 3.62. The number of nitrogens with two attached hydrogens (primary N) is 1. The molecule has 0 amide bonds. The van der Waals surface area contributed by atoms with E-state index in [1.807, 2.05) is 11.7 Å². The zero-order chi connectivity index (χ0) is 9.10. The second kappa shape index (κ2) is 4.00. The van der Waals surface area contributed by atoms with E-state index in [0.717, 1.165) is 11.3 Å². The summed E-state index contributed by atoms with van der Waals surface area (Å²) < 4.78 is 0. The zero-order valence-electron chi connectivity index (χ0n) is 7.01. The molecular formula is C9H10N2S2. The summed E-state index contributed by atoms with van der Waals surface area (Å²) in [6.45, 7) is 0. The fraction of sp³-hybridized carbons (Fsp3) is 0.222. The van der Waals surface area contributed by atoms with Crippen molar-refractivity contribution in [3.63, 3.8) is 0 Å². The minimum absolute atomic E-state index is 0.103. The van der Waals surface area contributed by atoms with E-state index in [-0.39, 0.29) is 6.04 Å².